The molecule has 0 spiro atoms. The highest BCUT2D eigenvalue weighted by atomic mass is 19.1. The number of nitrogens with one attached hydrogen (secondary N) is 1. The molecule has 0 radical (unpaired) electrons. The maximum Gasteiger partial charge on any atom is 0.254 e. The fourth-order valence-corrected chi connectivity index (χ4v) is 2.96. The van der Waals surface area contributed by atoms with Crippen molar-refractivity contribution >= 4 is 5.91 Å². The second kappa shape index (κ2) is 6.28. The first kappa shape index (κ1) is 15.3. The summed E-state index contributed by atoms with van der Waals surface area (Å²) in [6, 6.07) is 9.64. The zero-order valence-electron chi connectivity index (χ0n) is 13.1. The lowest BCUT2D eigenvalue weighted by Crippen LogP contribution is -2.27. The van der Waals surface area contributed by atoms with Crippen molar-refractivity contribution in [2.75, 3.05) is 14.2 Å². The number of amides is 1. The van der Waals surface area contributed by atoms with E-state index in [0.717, 1.165) is 24.0 Å². The highest BCUT2D eigenvalue weighted by Gasteiger charge is 2.27. The Kier molecular flexibility index (Phi) is 4.19. The first-order valence-electron chi connectivity index (χ1n) is 7.44. The highest BCUT2D eigenvalue weighted by Crippen LogP contribution is 2.39. The molecule has 4 nitrogen and oxygen atoms in total. The Bertz CT molecular complexity index is 745. The minimum absolute atomic E-state index is 0.0569. The van der Waals surface area contributed by atoms with E-state index in [4.69, 9.17) is 9.47 Å². The van der Waals surface area contributed by atoms with E-state index in [9.17, 15) is 9.18 Å². The van der Waals surface area contributed by atoms with Crippen LogP contribution < -0.4 is 14.8 Å². The van der Waals surface area contributed by atoms with Gasteiger partial charge in [0.25, 0.3) is 5.91 Å². The average molecular weight is 315 g/mol. The lowest BCUT2D eigenvalue weighted by molar-refractivity contribution is 0.0932. The summed E-state index contributed by atoms with van der Waals surface area (Å²) in [6.45, 7) is 0. The van der Waals surface area contributed by atoms with Crippen molar-refractivity contribution in [3.8, 4) is 11.5 Å². The Hall–Kier alpha value is -2.56. The van der Waals surface area contributed by atoms with Gasteiger partial charge in [0.1, 0.15) is 5.82 Å². The lowest BCUT2D eigenvalue weighted by atomic mass is 10.1. The van der Waals surface area contributed by atoms with Gasteiger partial charge in [-0.2, -0.15) is 0 Å². The van der Waals surface area contributed by atoms with Gasteiger partial charge < -0.3 is 14.8 Å². The second-order valence-electron chi connectivity index (χ2n) is 5.45. The minimum Gasteiger partial charge on any atom is -0.493 e. The number of rotatable bonds is 4. The number of carbonyl (C=O) groups is 1. The Balaban J connectivity index is 1.85. The van der Waals surface area contributed by atoms with Crippen LogP contribution in [-0.2, 0) is 6.42 Å². The third-order valence-electron chi connectivity index (χ3n) is 4.15. The molecule has 1 aliphatic rings. The van der Waals surface area contributed by atoms with E-state index in [1.165, 1.54) is 12.1 Å². The Morgan fingerprint density at radius 3 is 2.57 bits per heavy atom. The smallest absolute Gasteiger partial charge is 0.254 e. The molecular weight excluding hydrogens is 297 g/mol. The lowest BCUT2D eigenvalue weighted by Gasteiger charge is -2.16. The summed E-state index contributed by atoms with van der Waals surface area (Å²) >= 11 is 0. The topological polar surface area (TPSA) is 47.6 Å². The molecule has 2 aromatic rings. The van der Waals surface area contributed by atoms with Crippen LogP contribution in [0.5, 0.6) is 11.5 Å². The van der Waals surface area contributed by atoms with Crippen LogP contribution in [0.25, 0.3) is 0 Å². The first-order chi connectivity index (χ1) is 11.1. The number of hydrogen-bond donors (Lipinski definition) is 1. The zero-order chi connectivity index (χ0) is 16.4. The third kappa shape index (κ3) is 2.86. The average Bonchev–Trinajstić information content (AvgIpc) is 2.95. The van der Waals surface area contributed by atoms with Crippen LogP contribution >= 0.6 is 0 Å². The van der Waals surface area contributed by atoms with Gasteiger partial charge in [-0.05, 0) is 48.2 Å². The molecule has 5 heteroatoms. The predicted molar refractivity (Wildman–Crippen MR) is 84.5 cm³/mol. The molecule has 0 aliphatic heterocycles. The van der Waals surface area contributed by atoms with Crippen molar-refractivity contribution in [2.45, 2.75) is 18.9 Å². The summed E-state index contributed by atoms with van der Waals surface area (Å²) in [4.78, 5) is 12.3. The number of methoxy groups -OCH3 is 2. The van der Waals surface area contributed by atoms with Crippen LogP contribution in [0.4, 0.5) is 4.39 Å². The fraction of sp³-hybridized carbons (Fsp3) is 0.278. The van der Waals surface area contributed by atoms with Crippen molar-refractivity contribution in [1.29, 1.82) is 0 Å². The molecule has 0 bridgehead atoms. The van der Waals surface area contributed by atoms with Gasteiger partial charge >= 0.3 is 0 Å². The normalized spacial score (nSPS) is 15.9. The van der Waals surface area contributed by atoms with Crippen molar-refractivity contribution in [3.63, 3.8) is 0 Å². The minimum atomic E-state index is -0.518. The van der Waals surface area contributed by atoms with E-state index >= 15 is 0 Å². The van der Waals surface area contributed by atoms with Gasteiger partial charge in [0, 0.05) is 0 Å². The number of aryl methyl sites for hydroxylation is 1. The number of ether oxygens (including phenoxy) is 2. The molecule has 2 aromatic carbocycles. The summed E-state index contributed by atoms with van der Waals surface area (Å²) in [5, 5.41) is 2.91. The van der Waals surface area contributed by atoms with Crippen molar-refractivity contribution in [1.82, 2.24) is 5.32 Å². The van der Waals surface area contributed by atoms with Crippen molar-refractivity contribution in [3.05, 3.63) is 58.9 Å². The molecular formula is C18H18FNO3. The molecule has 1 aliphatic carbocycles. The molecule has 1 amide bonds. The van der Waals surface area contributed by atoms with E-state index < -0.39 is 11.7 Å². The van der Waals surface area contributed by atoms with E-state index in [1.807, 2.05) is 12.1 Å². The Morgan fingerprint density at radius 1 is 1.17 bits per heavy atom. The quantitative estimate of drug-likeness (QED) is 0.942. The Morgan fingerprint density at radius 2 is 1.87 bits per heavy atom. The molecule has 23 heavy (non-hydrogen) atoms. The first-order valence-corrected chi connectivity index (χ1v) is 7.44. The van der Waals surface area contributed by atoms with Crippen LogP contribution in [0, 0.1) is 5.82 Å². The number of hydrogen-bond acceptors (Lipinski definition) is 3. The van der Waals surface area contributed by atoms with E-state index in [0.29, 0.717) is 11.5 Å². The summed E-state index contributed by atoms with van der Waals surface area (Å²) in [6.07, 6.45) is 1.60. The van der Waals surface area contributed by atoms with Crippen molar-refractivity contribution < 1.29 is 18.7 Å². The second-order valence-corrected chi connectivity index (χ2v) is 5.45. The van der Waals surface area contributed by atoms with Crippen LogP contribution in [0.15, 0.2) is 36.4 Å². The predicted octanol–water partition coefficient (Wildman–Crippen LogP) is 3.26. The van der Waals surface area contributed by atoms with E-state index in [2.05, 4.69) is 5.32 Å². The molecule has 3 rings (SSSR count). The maximum absolute atomic E-state index is 13.7. The zero-order valence-corrected chi connectivity index (χ0v) is 13.1. The van der Waals surface area contributed by atoms with Crippen molar-refractivity contribution in [2.24, 2.45) is 0 Å². The number of halogens is 1. The molecule has 1 unspecified atom stereocenters. The fourth-order valence-electron chi connectivity index (χ4n) is 2.96. The summed E-state index contributed by atoms with van der Waals surface area (Å²) < 4.78 is 24.4. The molecule has 0 saturated carbocycles. The summed E-state index contributed by atoms with van der Waals surface area (Å²) in [5.74, 6) is 0.372. The van der Waals surface area contributed by atoms with Crippen LogP contribution in [-0.4, -0.2) is 20.1 Å². The standard InChI is InChI=1S/C18H18FNO3/c1-22-16-9-11-7-8-15(13(11)10-17(16)23-2)20-18(21)12-5-3-4-6-14(12)19/h3-6,9-10,15H,7-8H2,1-2H3,(H,20,21). The highest BCUT2D eigenvalue weighted by molar-refractivity contribution is 5.94. The van der Waals surface area contributed by atoms with Gasteiger partial charge in [-0.25, -0.2) is 4.39 Å². The largest absolute Gasteiger partial charge is 0.493 e. The molecule has 0 aromatic heterocycles. The Labute approximate surface area is 134 Å². The van der Waals surface area contributed by atoms with Gasteiger partial charge in [-0.15, -0.1) is 0 Å². The van der Waals surface area contributed by atoms with E-state index in [1.54, 1.807) is 26.4 Å². The van der Waals surface area contributed by atoms with Gasteiger partial charge in [0.2, 0.25) is 0 Å². The van der Waals surface area contributed by atoms with Gasteiger partial charge in [0.05, 0.1) is 25.8 Å². The molecule has 1 atom stereocenters. The summed E-state index contributed by atoms with van der Waals surface area (Å²) in [5.41, 5.74) is 2.16. The van der Waals surface area contributed by atoms with E-state index in [-0.39, 0.29) is 11.6 Å². The van der Waals surface area contributed by atoms with Gasteiger partial charge in [-0.1, -0.05) is 12.1 Å². The number of carbonyl (C=O) groups excluding carboxylic acids is 1. The number of benzene rings is 2. The molecule has 0 heterocycles. The van der Waals surface area contributed by atoms with Gasteiger partial charge in [0.15, 0.2) is 11.5 Å². The monoisotopic (exact) mass is 315 g/mol. The summed E-state index contributed by atoms with van der Waals surface area (Å²) in [7, 11) is 3.17. The SMILES string of the molecule is COc1cc2c(cc1OC)C(NC(=O)c1ccccc1F)CC2. The van der Waals surface area contributed by atoms with Crippen LogP contribution in [0.3, 0.4) is 0 Å². The molecule has 120 valence electrons. The molecule has 1 N–H and O–H groups in total. The van der Waals surface area contributed by atoms with Crippen LogP contribution in [0.2, 0.25) is 0 Å². The number of fused-ring (bicyclic) bond motifs is 1. The maximum atomic E-state index is 13.7. The molecule has 0 fully saturated rings. The molecule has 0 saturated heterocycles. The third-order valence-corrected chi connectivity index (χ3v) is 4.15. The van der Waals surface area contributed by atoms with Crippen LogP contribution in [0.1, 0.15) is 33.9 Å². The van der Waals surface area contributed by atoms with Gasteiger partial charge in [-0.3, -0.25) is 4.79 Å².